The minimum absolute atomic E-state index is 0.0697. The van der Waals surface area contributed by atoms with Crippen molar-refractivity contribution in [1.29, 1.82) is 0 Å². The predicted octanol–water partition coefficient (Wildman–Crippen LogP) is 2.74. The first-order valence-electron chi connectivity index (χ1n) is 9.56. The molecule has 0 spiro atoms. The molecule has 1 aliphatic rings. The van der Waals surface area contributed by atoms with E-state index in [1.54, 1.807) is 31.4 Å². The Morgan fingerprint density at radius 1 is 1.28 bits per heavy atom. The summed E-state index contributed by atoms with van der Waals surface area (Å²) >= 11 is 0. The molecule has 0 aliphatic heterocycles. The summed E-state index contributed by atoms with van der Waals surface area (Å²) < 4.78 is 5.84. The number of nitrogens with zero attached hydrogens (tertiary/aromatic N) is 3. The number of H-pyrrole nitrogens is 1. The minimum atomic E-state index is -0.945. The molecule has 0 atom stereocenters. The van der Waals surface area contributed by atoms with Crippen LogP contribution in [0.25, 0.3) is 11.4 Å². The van der Waals surface area contributed by atoms with E-state index in [9.17, 15) is 9.90 Å². The van der Waals surface area contributed by atoms with Crippen LogP contribution in [0.15, 0.2) is 54.9 Å². The van der Waals surface area contributed by atoms with Crippen LogP contribution in [0.2, 0.25) is 0 Å². The van der Waals surface area contributed by atoms with Crippen LogP contribution in [0.5, 0.6) is 5.75 Å². The highest BCUT2D eigenvalue weighted by Crippen LogP contribution is 2.46. The molecule has 1 aliphatic carbocycles. The fraction of sp³-hybridized carbons (Fsp3) is 0.318. The maximum absolute atomic E-state index is 12.1. The van der Waals surface area contributed by atoms with Gasteiger partial charge in [-0.1, -0.05) is 18.2 Å². The van der Waals surface area contributed by atoms with Crippen LogP contribution in [0.4, 0.5) is 0 Å². The van der Waals surface area contributed by atoms with Gasteiger partial charge in [0, 0.05) is 26.2 Å². The molecule has 0 unspecified atom stereocenters. The van der Waals surface area contributed by atoms with Crippen LogP contribution >= 0.6 is 0 Å². The number of benzene rings is 1. The molecule has 0 radical (unpaired) electrons. The molecule has 2 heterocycles. The van der Waals surface area contributed by atoms with Gasteiger partial charge in [-0.3, -0.25) is 14.9 Å². The Kier molecular flexibility index (Phi) is 5.07. The number of carbonyl (C=O) groups excluding carboxylic acids is 1. The lowest BCUT2D eigenvalue weighted by Crippen LogP contribution is -2.47. The first-order valence-corrected chi connectivity index (χ1v) is 9.56. The highest BCUT2D eigenvalue weighted by atomic mass is 16.5. The molecular formula is C22H24N4O3. The smallest absolute Gasteiger partial charge is 0.225 e. The highest BCUT2D eigenvalue weighted by Gasteiger charge is 2.47. The summed E-state index contributed by atoms with van der Waals surface area (Å²) in [6.07, 6.45) is 4.26. The molecular weight excluding hydrogens is 368 g/mol. The predicted molar refractivity (Wildman–Crippen MR) is 108 cm³/mol. The second-order valence-corrected chi connectivity index (χ2v) is 7.71. The maximum Gasteiger partial charge on any atom is 0.225 e. The van der Waals surface area contributed by atoms with Crippen molar-refractivity contribution in [3.05, 3.63) is 66.0 Å². The topological polar surface area (TPSA) is 91.3 Å². The molecule has 1 fully saturated rings. The van der Waals surface area contributed by atoms with Gasteiger partial charge in [-0.15, -0.1) is 0 Å². The number of hydrogen-bond donors (Lipinski definition) is 2. The van der Waals surface area contributed by atoms with E-state index in [1.165, 1.54) is 0 Å². The Bertz CT molecular complexity index is 978. The molecule has 2 N–H and O–H groups in total. The summed E-state index contributed by atoms with van der Waals surface area (Å²) in [7, 11) is 3.49. The molecule has 0 bridgehead atoms. The third-order valence-corrected chi connectivity index (χ3v) is 5.34. The Labute approximate surface area is 169 Å². The summed E-state index contributed by atoms with van der Waals surface area (Å²) in [5.74, 6) is 0.618. The number of aromatic amines is 1. The summed E-state index contributed by atoms with van der Waals surface area (Å²) in [5.41, 5.74) is 2.49. The van der Waals surface area contributed by atoms with E-state index in [1.807, 2.05) is 42.5 Å². The third-order valence-electron chi connectivity index (χ3n) is 5.34. The fourth-order valence-electron chi connectivity index (χ4n) is 3.67. The number of aromatic nitrogens is 3. The first-order chi connectivity index (χ1) is 13.9. The summed E-state index contributed by atoms with van der Waals surface area (Å²) in [6, 6.07) is 13.3. The number of carbonyl (C=O) groups is 1. The largest absolute Gasteiger partial charge is 0.487 e. The van der Waals surface area contributed by atoms with Gasteiger partial charge in [0.05, 0.1) is 23.2 Å². The second-order valence-electron chi connectivity index (χ2n) is 7.71. The van der Waals surface area contributed by atoms with Crippen LogP contribution in [-0.2, 0) is 17.0 Å². The Balaban J connectivity index is 1.38. The molecule has 2 aromatic heterocycles. The van der Waals surface area contributed by atoms with Gasteiger partial charge in [0.25, 0.3) is 0 Å². The number of pyridine rings is 1. The molecule has 29 heavy (non-hydrogen) atoms. The summed E-state index contributed by atoms with van der Waals surface area (Å²) in [5, 5.41) is 17.7. The minimum Gasteiger partial charge on any atom is -0.487 e. The van der Waals surface area contributed by atoms with E-state index >= 15 is 0 Å². The number of aliphatic hydroxyl groups is 1. The molecule has 4 rings (SSSR count). The molecule has 7 heteroatoms. The summed E-state index contributed by atoms with van der Waals surface area (Å²) in [4.78, 5) is 18.0. The quantitative estimate of drug-likeness (QED) is 0.673. The molecule has 1 amide bonds. The van der Waals surface area contributed by atoms with Crippen molar-refractivity contribution < 1.29 is 14.6 Å². The van der Waals surface area contributed by atoms with Gasteiger partial charge >= 0.3 is 0 Å². The van der Waals surface area contributed by atoms with Crippen molar-refractivity contribution in [1.82, 2.24) is 20.1 Å². The van der Waals surface area contributed by atoms with Crippen molar-refractivity contribution >= 4 is 5.91 Å². The SMILES string of the molecule is CN(C)C(=O)[C@H]1C[C@](O)(c2cccc(COc3ccc(-c4ccn[nH]4)nc3)c2)C1. The van der Waals surface area contributed by atoms with Gasteiger partial charge in [0.15, 0.2) is 0 Å². The van der Waals surface area contributed by atoms with Crippen molar-refractivity contribution in [2.45, 2.75) is 25.0 Å². The number of rotatable bonds is 6. The van der Waals surface area contributed by atoms with Crippen molar-refractivity contribution in [3.8, 4) is 17.1 Å². The zero-order valence-corrected chi connectivity index (χ0v) is 16.5. The van der Waals surface area contributed by atoms with Crippen LogP contribution in [0.3, 0.4) is 0 Å². The Morgan fingerprint density at radius 2 is 2.10 bits per heavy atom. The van der Waals surface area contributed by atoms with Crippen LogP contribution in [-0.4, -0.2) is 45.2 Å². The van der Waals surface area contributed by atoms with Gasteiger partial charge in [0.1, 0.15) is 12.4 Å². The third kappa shape index (κ3) is 4.00. The molecule has 7 nitrogen and oxygen atoms in total. The van der Waals surface area contributed by atoms with E-state index < -0.39 is 5.60 Å². The Morgan fingerprint density at radius 3 is 2.76 bits per heavy atom. The van der Waals surface area contributed by atoms with Crippen molar-refractivity contribution in [2.24, 2.45) is 5.92 Å². The fourth-order valence-corrected chi connectivity index (χ4v) is 3.67. The summed E-state index contributed by atoms with van der Waals surface area (Å²) in [6.45, 7) is 0.370. The van der Waals surface area contributed by atoms with Crippen molar-refractivity contribution in [2.75, 3.05) is 14.1 Å². The van der Waals surface area contributed by atoms with Gasteiger partial charge in [-0.2, -0.15) is 5.10 Å². The second kappa shape index (κ2) is 7.67. The molecule has 150 valence electrons. The number of nitrogens with one attached hydrogen (secondary N) is 1. The van der Waals surface area contributed by atoms with Gasteiger partial charge < -0.3 is 14.7 Å². The van der Waals surface area contributed by atoms with Gasteiger partial charge in [-0.05, 0) is 48.2 Å². The normalized spacial score (nSPS) is 20.7. The molecule has 1 saturated carbocycles. The molecule has 1 aromatic carbocycles. The van der Waals surface area contributed by atoms with Gasteiger partial charge in [0.2, 0.25) is 5.91 Å². The number of ether oxygens (including phenoxy) is 1. The van der Waals surface area contributed by atoms with Crippen LogP contribution in [0.1, 0.15) is 24.0 Å². The maximum atomic E-state index is 12.1. The van der Waals surface area contributed by atoms with E-state index in [0.717, 1.165) is 22.5 Å². The molecule has 0 saturated heterocycles. The lowest BCUT2D eigenvalue weighted by Gasteiger charge is -2.44. The number of amides is 1. The molecule has 3 aromatic rings. The van der Waals surface area contributed by atoms with Gasteiger partial charge in [-0.25, -0.2) is 0 Å². The first kappa shape index (κ1) is 19.1. The number of hydrogen-bond acceptors (Lipinski definition) is 5. The lowest BCUT2D eigenvalue weighted by molar-refractivity contribution is -0.150. The van der Waals surface area contributed by atoms with E-state index in [2.05, 4.69) is 15.2 Å². The van der Waals surface area contributed by atoms with Crippen molar-refractivity contribution in [3.63, 3.8) is 0 Å². The average Bonchev–Trinajstić information content (AvgIpc) is 3.25. The van der Waals surface area contributed by atoms with E-state index in [4.69, 9.17) is 4.74 Å². The zero-order chi connectivity index (χ0) is 20.4. The van der Waals surface area contributed by atoms with Crippen LogP contribution < -0.4 is 4.74 Å². The van der Waals surface area contributed by atoms with Crippen LogP contribution in [0, 0.1) is 5.92 Å². The monoisotopic (exact) mass is 392 g/mol. The zero-order valence-electron chi connectivity index (χ0n) is 16.5. The van der Waals surface area contributed by atoms with E-state index in [-0.39, 0.29) is 11.8 Å². The average molecular weight is 392 g/mol. The standard InChI is InChI=1S/C22H24N4O3/c1-26(2)21(27)16-11-22(28,12-16)17-5-3-4-15(10-17)14-29-18-6-7-19(23-13-18)20-8-9-24-25-20/h3-10,13,16,28H,11-12,14H2,1-2H3,(H,24,25)/t16-,22+. The Hall–Kier alpha value is -3.19. The van der Waals surface area contributed by atoms with E-state index in [0.29, 0.717) is 25.2 Å². The highest BCUT2D eigenvalue weighted by molar-refractivity contribution is 5.79. The lowest BCUT2D eigenvalue weighted by atomic mass is 9.66.